The first-order chi connectivity index (χ1) is 6.29. The molecule has 2 N–H and O–H groups in total. The molecular formula is C8H9N3S2. The maximum atomic E-state index is 5.45. The van der Waals surface area contributed by atoms with E-state index in [0.717, 1.165) is 16.3 Å². The Morgan fingerprint density at radius 1 is 1.46 bits per heavy atom. The minimum Gasteiger partial charge on any atom is -0.367 e. The van der Waals surface area contributed by atoms with Gasteiger partial charge < -0.3 is 5.73 Å². The summed E-state index contributed by atoms with van der Waals surface area (Å²) in [5.41, 5.74) is 5.45. The number of nitrogens with zero attached hydrogens (tertiary/aromatic N) is 2. The van der Waals surface area contributed by atoms with Crippen LogP contribution in [0.3, 0.4) is 0 Å². The Morgan fingerprint density at radius 2 is 2.31 bits per heavy atom. The number of nitrogens with two attached hydrogens (primary N) is 1. The highest BCUT2D eigenvalue weighted by molar-refractivity contribution is 7.19. The van der Waals surface area contributed by atoms with Crippen molar-refractivity contribution in [3.63, 3.8) is 0 Å². The maximum absolute atomic E-state index is 5.45. The molecule has 0 radical (unpaired) electrons. The van der Waals surface area contributed by atoms with E-state index < -0.39 is 0 Å². The molecule has 68 valence electrons. The zero-order valence-corrected chi connectivity index (χ0v) is 8.78. The third-order valence-corrected chi connectivity index (χ3v) is 3.79. The minimum atomic E-state index is 0.367. The van der Waals surface area contributed by atoms with E-state index in [1.807, 2.05) is 0 Å². The van der Waals surface area contributed by atoms with Crippen molar-refractivity contribution in [3.05, 3.63) is 17.0 Å². The Labute approximate surface area is 84.4 Å². The molecule has 13 heavy (non-hydrogen) atoms. The number of rotatable bonds is 2. The molecule has 0 unspecified atom stereocenters. The van der Waals surface area contributed by atoms with Crippen LogP contribution in [0.15, 0.2) is 12.1 Å². The Bertz CT molecular complexity index is 405. The van der Waals surface area contributed by atoms with Crippen LogP contribution in [-0.4, -0.2) is 9.36 Å². The summed E-state index contributed by atoms with van der Waals surface area (Å²) >= 11 is 3.10. The van der Waals surface area contributed by atoms with Gasteiger partial charge in [0.2, 0.25) is 5.95 Å². The van der Waals surface area contributed by atoms with Crippen molar-refractivity contribution >= 4 is 28.8 Å². The molecule has 0 spiro atoms. The zero-order chi connectivity index (χ0) is 9.26. The van der Waals surface area contributed by atoms with Crippen molar-refractivity contribution in [1.29, 1.82) is 0 Å². The fraction of sp³-hybridized carbons (Fsp3) is 0.250. The first-order valence-corrected chi connectivity index (χ1v) is 5.57. The van der Waals surface area contributed by atoms with Gasteiger partial charge in [-0.2, -0.15) is 9.36 Å². The van der Waals surface area contributed by atoms with E-state index in [9.17, 15) is 0 Å². The number of aromatic nitrogens is 2. The van der Waals surface area contributed by atoms with E-state index in [1.165, 1.54) is 16.4 Å². The highest BCUT2D eigenvalue weighted by atomic mass is 32.1. The Balaban J connectivity index is 2.35. The molecule has 0 aliphatic carbocycles. The first-order valence-electron chi connectivity index (χ1n) is 3.98. The lowest BCUT2D eigenvalue weighted by Gasteiger charge is -1.85. The number of anilines is 1. The number of hydrogen-bond donors (Lipinski definition) is 1. The SMILES string of the molecule is CCc1ccc(-c2nc(N)ns2)s1. The van der Waals surface area contributed by atoms with E-state index in [-0.39, 0.29) is 0 Å². The van der Waals surface area contributed by atoms with E-state index in [0.29, 0.717) is 5.95 Å². The summed E-state index contributed by atoms with van der Waals surface area (Å²) in [4.78, 5) is 6.65. The van der Waals surface area contributed by atoms with Crippen molar-refractivity contribution in [2.75, 3.05) is 5.73 Å². The topological polar surface area (TPSA) is 51.8 Å². The second-order valence-corrected chi connectivity index (χ2v) is 4.50. The third-order valence-electron chi connectivity index (χ3n) is 1.66. The lowest BCUT2D eigenvalue weighted by molar-refractivity contribution is 1.19. The predicted octanol–water partition coefficient (Wildman–Crippen LogP) is 2.41. The second-order valence-electron chi connectivity index (χ2n) is 2.58. The Morgan fingerprint density at radius 3 is 2.85 bits per heavy atom. The molecular weight excluding hydrogens is 202 g/mol. The van der Waals surface area contributed by atoms with Crippen LogP contribution in [0.25, 0.3) is 9.88 Å². The molecule has 0 amide bonds. The van der Waals surface area contributed by atoms with Crippen molar-refractivity contribution in [1.82, 2.24) is 9.36 Å². The molecule has 2 heterocycles. The number of aryl methyl sites for hydroxylation is 1. The normalized spacial score (nSPS) is 10.5. The number of nitrogen functional groups attached to an aromatic ring is 1. The van der Waals surface area contributed by atoms with Gasteiger partial charge >= 0.3 is 0 Å². The molecule has 0 atom stereocenters. The average molecular weight is 211 g/mol. The molecule has 3 nitrogen and oxygen atoms in total. The largest absolute Gasteiger partial charge is 0.367 e. The summed E-state index contributed by atoms with van der Waals surface area (Å²) in [7, 11) is 0. The molecule has 0 bridgehead atoms. The lowest BCUT2D eigenvalue weighted by atomic mass is 10.4. The van der Waals surface area contributed by atoms with Crippen LogP contribution in [0.2, 0.25) is 0 Å². The van der Waals surface area contributed by atoms with E-state index >= 15 is 0 Å². The van der Waals surface area contributed by atoms with Crippen LogP contribution in [0, 0.1) is 0 Å². The van der Waals surface area contributed by atoms with Crippen molar-refractivity contribution in [3.8, 4) is 9.88 Å². The summed E-state index contributed by atoms with van der Waals surface area (Å²) in [6.07, 6.45) is 1.07. The van der Waals surface area contributed by atoms with Gasteiger partial charge in [0.25, 0.3) is 0 Å². The van der Waals surface area contributed by atoms with Gasteiger partial charge in [-0.25, -0.2) is 0 Å². The van der Waals surface area contributed by atoms with E-state index in [4.69, 9.17) is 5.73 Å². The molecule has 0 aromatic carbocycles. The summed E-state index contributed by atoms with van der Waals surface area (Å²) < 4.78 is 3.94. The molecule has 0 aliphatic rings. The van der Waals surface area contributed by atoms with Gasteiger partial charge in [0.15, 0.2) is 5.01 Å². The molecule has 0 saturated heterocycles. The summed E-state index contributed by atoms with van der Waals surface area (Å²) in [5, 5.41) is 0.919. The van der Waals surface area contributed by atoms with Gasteiger partial charge in [0, 0.05) is 4.88 Å². The van der Waals surface area contributed by atoms with Gasteiger partial charge in [-0.1, -0.05) is 6.92 Å². The molecule has 5 heteroatoms. The molecule has 2 aromatic heterocycles. The first kappa shape index (κ1) is 8.65. The second kappa shape index (κ2) is 3.43. The lowest BCUT2D eigenvalue weighted by Crippen LogP contribution is -1.84. The van der Waals surface area contributed by atoms with E-state index in [1.54, 1.807) is 11.3 Å². The summed E-state index contributed by atoms with van der Waals surface area (Å²) in [5.74, 6) is 0.367. The Hall–Kier alpha value is -0.940. The standard InChI is InChI=1S/C8H9N3S2/c1-2-5-3-4-6(12-5)7-10-8(9)11-13-7/h3-4H,2H2,1H3,(H2,9,11). The molecule has 2 rings (SSSR count). The van der Waals surface area contributed by atoms with Crippen LogP contribution in [-0.2, 0) is 6.42 Å². The third kappa shape index (κ3) is 1.71. The van der Waals surface area contributed by atoms with Crippen molar-refractivity contribution < 1.29 is 0 Å². The number of hydrogen-bond acceptors (Lipinski definition) is 5. The molecule has 2 aromatic rings. The summed E-state index contributed by atoms with van der Waals surface area (Å²) in [6, 6.07) is 4.20. The van der Waals surface area contributed by atoms with Crippen LogP contribution in [0.5, 0.6) is 0 Å². The van der Waals surface area contributed by atoms with E-state index in [2.05, 4.69) is 28.4 Å². The molecule has 0 fully saturated rings. The fourth-order valence-corrected chi connectivity index (χ4v) is 2.60. The van der Waals surface area contributed by atoms with Gasteiger partial charge in [-0.15, -0.1) is 11.3 Å². The maximum Gasteiger partial charge on any atom is 0.232 e. The highest BCUT2D eigenvalue weighted by Gasteiger charge is 2.06. The highest BCUT2D eigenvalue weighted by Crippen LogP contribution is 2.29. The molecule has 0 saturated carbocycles. The predicted molar refractivity (Wildman–Crippen MR) is 57.0 cm³/mol. The van der Waals surface area contributed by atoms with Gasteiger partial charge in [-0.3, -0.25) is 0 Å². The zero-order valence-electron chi connectivity index (χ0n) is 7.15. The van der Waals surface area contributed by atoms with Gasteiger partial charge in [-0.05, 0) is 30.1 Å². The van der Waals surface area contributed by atoms with Gasteiger partial charge in [0.1, 0.15) is 0 Å². The smallest absolute Gasteiger partial charge is 0.232 e. The van der Waals surface area contributed by atoms with Crippen LogP contribution in [0.1, 0.15) is 11.8 Å². The average Bonchev–Trinajstić information content (AvgIpc) is 2.71. The van der Waals surface area contributed by atoms with Crippen molar-refractivity contribution in [2.45, 2.75) is 13.3 Å². The minimum absolute atomic E-state index is 0.367. The quantitative estimate of drug-likeness (QED) is 0.830. The monoisotopic (exact) mass is 211 g/mol. The Kier molecular flexibility index (Phi) is 2.28. The number of thiophene rings is 1. The summed E-state index contributed by atoms with van der Waals surface area (Å²) in [6.45, 7) is 2.14. The van der Waals surface area contributed by atoms with Crippen LogP contribution < -0.4 is 5.73 Å². The van der Waals surface area contributed by atoms with Crippen LogP contribution >= 0.6 is 22.9 Å². The fourth-order valence-electron chi connectivity index (χ4n) is 1.02. The molecule has 0 aliphatic heterocycles. The van der Waals surface area contributed by atoms with Crippen molar-refractivity contribution in [2.24, 2.45) is 0 Å². The van der Waals surface area contributed by atoms with Crippen LogP contribution in [0.4, 0.5) is 5.95 Å². The van der Waals surface area contributed by atoms with Gasteiger partial charge in [0.05, 0.1) is 4.88 Å².